The lowest BCUT2D eigenvalue weighted by Gasteiger charge is -2.30. The van der Waals surface area contributed by atoms with Gasteiger partial charge in [0.2, 0.25) is 0 Å². The zero-order chi connectivity index (χ0) is 19.6. The van der Waals surface area contributed by atoms with Crippen LogP contribution in [-0.4, -0.2) is 21.1 Å². The number of anilines is 1. The summed E-state index contributed by atoms with van der Waals surface area (Å²) in [5, 5.41) is 0. The number of hydrogen-bond donors (Lipinski definition) is 0. The minimum atomic E-state index is -3.71. The summed E-state index contributed by atoms with van der Waals surface area (Å²) in [6, 6.07) is 13.3. The molecule has 2 aromatic rings. The van der Waals surface area contributed by atoms with Gasteiger partial charge in [-0.1, -0.05) is 24.3 Å². The third kappa shape index (κ3) is 4.13. The maximum atomic E-state index is 13.3. The van der Waals surface area contributed by atoms with Gasteiger partial charge in [-0.05, 0) is 68.2 Å². The molecular weight excluding hydrogens is 372 g/mol. The van der Waals surface area contributed by atoms with Crippen molar-refractivity contribution >= 4 is 21.8 Å². The first-order valence-electron chi connectivity index (χ1n) is 8.67. The molecule has 1 aliphatic rings. The molecule has 0 aromatic heterocycles. The van der Waals surface area contributed by atoms with E-state index in [0.29, 0.717) is 29.0 Å². The Balaban J connectivity index is 1.97. The van der Waals surface area contributed by atoms with Gasteiger partial charge in [0.05, 0.1) is 10.6 Å². The van der Waals surface area contributed by atoms with Gasteiger partial charge in [0.25, 0.3) is 10.0 Å². The fourth-order valence-electron chi connectivity index (χ4n) is 3.24. The van der Waals surface area contributed by atoms with Gasteiger partial charge in [0.1, 0.15) is 5.75 Å². The maximum absolute atomic E-state index is 13.3. The molecule has 2 aromatic carbocycles. The molecule has 4 nitrogen and oxygen atoms in total. The van der Waals surface area contributed by atoms with E-state index in [9.17, 15) is 17.2 Å². The second-order valence-corrected chi connectivity index (χ2v) is 8.45. The fourth-order valence-corrected chi connectivity index (χ4v) is 5.08. The molecule has 7 heteroatoms. The summed E-state index contributed by atoms with van der Waals surface area (Å²) < 4.78 is 57.2. The predicted molar refractivity (Wildman–Crippen MR) is 102 cm³/mol. The molecule has 0 amide bonds. The Hall–Kier alpha value is -2.41. The van der Waals surface area contributed by atoms with Gasteiger partial charge < -0.3 is 4.74 Å². The van der Waals surface area contributed by atoms with E-state index in [4.69, 9.17) is 0 Å². The van der Waals surface area contributed by atoms with E-state index in [1.165, 1.54) is 10.4 Å². The first-order chi connectivity index (χ1) is 12.8. The van der Waals surface area contributed by atoms with Crippen LogP contribution in [0.5, 0.6) is 5.75 Å². The van der Waals surface area contributed by atoms with Gasteiger partial charge >= 0.3 is 6.61 Å². The van der Waals surface area contributed by atoms with Gasteiger partial charge in [0.15, 0.2) is 0 Å². The van der Waals surface area contributed by atoms with Crippen molar-refractivity contribution in [2.75, 3.05) is 4.31 Å². The molecule has 3 rings (SSSR count). The molecule has 1 aliphatic carbocycles. The van der Waals surface area contributed by atoms with Gasteiger partial charge in [0, 0.05) is 6.04 Å². The largest absolute Gasteiger partial charge is 0.435 e. The van der Waals surface area contributed by atoms with E-state index in [2.05, 4.69) is 4.74 Å². The lowest BCUT2D eigenvalue weighted by molar-refractivity contribution is -0.0498. The van der Waals surface area contributed by atoms with E-state index in [1.807, 2.05) is 19.9 Å². The maximum Gasteiger partial charge on any atom is 0.387 e. The number of rotatable bonds is 6. The molecule has 0 saturated carbocycles. The van der Waals surface area contributed by atoms with Crippen LogP contribution in [0.25, 0.3) is 6.08 Å². The number of nitrogens with zero attached hydrogens (tertiary/aromatic N) is 1. The van der Waals surface area contributed by atoms with Gasteiger partial charge in [-0.3, -0.25) is 4.31 Å². The molecule has 0 bridgehead atoms. The summed E-state index contributed by atoms with van der Waals surface area (Å²) in [5.74, 6) is 0.0801. The quantitative estimate of drug-likeness (QED) is 0.707. The topological polar surface area (TPSA) is 46.6 Å². The second kappa shape index (κ2) is 7.68. The molecule has 0 spiro atoms. The zero-order valence-corrected chi connectivity index (χ0v) is 15.9. The number of sulfonamides is 1. The summed E-state index contributed by atoms with van der Waals surface area (Å²) in [6.07, 6.45) is 2.38. The van der Waals surface area contributed by atoms with Gasteiger partial charge in [-0.2, -0.15) is 8.78 Å². The van der Waals surface area contributed by atoms with Crippen LogP contribution in [0.2, 0.25) is 0 Å². The predicted octanol–water partition coefficient (Wildman–Crippen LogP) is 4.82. The summed E-state index contributed by atoms with van der Waals surface area (Å²) in [4.78, 5) is 0.315. The van der Waals surface area contributed by atoms with Crippen LogP contribution < -0.4 is 9.04 Å². The van der Waals surface area contributed by atoms with Crippen LogP contribution in [0.3, 0.4) is 0 Å². The van der Waals surface area contributed by atoms with Gasteiger partial charge in [-0.25, -0.2) is 8.42 Å². The van der Waals surface area contributed by atoms with Crippen LogP contribution in [-0.2, 0) is 16.4 Å². The number of aryl methyl sites for hydroxylation is 1. The number of alkyl halides is 2. The highest BCUT2D eigenvalue weighted by Gasteiger charge is 2.31. The van der Waals surface area contributed by atoms with Crippen molar-refractivity contribution in [2.24, 2.45) is 0 Å². The van der Waals surface area contributed by atoms with Crippen LogP contribution in [0.15, 0.2) is 53.4 Å². The highest BCUT2D eigenvalue weighted by atomic mass is 32.2. The van der Waals surface area contributed by atoms with Gasteiger partial charge in [-0.15, -0.1) is 0 Å². The SMILES string of the molecule is CC(C)N(c1ccccc1)S(=O)(=O)C1=Cc2ccc(OC(F)F)cc2CC1. The van der Waals surface area contributed by atoms with Crippen molar-refractivity contribution in [3.8, 4) is 5.75 Å². The Labute approximate surface area is 158 Å². The van der Waals surface area contributed by atoms with Crippen molar-refractivity contribution in [3.05, 3.63) is 64.6 Å². The minimum Gasteiger partial charge on any atom is -0.435 e. The highest BCUT2D eigenvalue weighted by molar-refractivity contribution is 7.96. The van der Waals surface area contributed by atoms with E-state index in [0.717, 1.165) is 5.56 Å². The van der Waals surface area contributed by atoms with Crippen LogP contribution >= 0.6 is 0 Å². The summed E-state index contributed by atoms with van der Waals surface area (Å²) in [7, 11) is -3.71. The molecular formula is C20H21F2NO3S. The molecule has 0 N–H and O–H groups in total. The monoisotopic (exact) mass is 393 g/mol. The number of fused-ring (bicyclic) bond motifs is 1. The second-order valence-electron chi connectivity index (χ2n) is 6.58. The van der Waals surface area contributed by atoms with E-state index in [-0.39, 0.29) is 11.8 Å². The molecule has 27 heavy (non-hydrogen) atoms. The number of benzene rings is 2. The first kappa shape index (κ1) is 19.4. The van der Waals surface area contributed by atoms with Crippen molar-refractivity contribution in [1.82, 2.24) is 0 Å². The third-order valence-corrected chi connectivity index (χ3v) is 6.50. The lowest BCUT2D eigenvalue weighted by Crippen LogP contribution is -2.38. The van der Waals surface area contributed by atoms with E-state index >= 15 is 0 Å². The first-order valence-corrected chi connectivity index (χ1v) is 10.1. The lowest BCUT2D eigenvalue weighted by atomic mass is 9.97. The molecule has 0 atom stereocenters. The number of hydrogen-bond acceptors (Lipinski definition) is 3. The van der Waals surface area contributed by atoms with Crippen molar-refractivity contribution in [1.29, 1.82) is 0 Å². The summed E-state index contributed by atoms with van der Waals surface area (Å²) in [6.45, 7) is 0.773. The Kier molecular flexibility index (Phi) is 5.51. The summed E-state index contributed by atoms with van der Waals surface area (Å²) in [5.41, 5.74) is 2.11. The number of allylic oxidation sites excluding steroid dienone is 1. The normalized spacial score (nSPS) is 14.1. The van der Waals surface area contributed by atoms with Crippen molar-refractivity contribution in [3.63, 3.8) is 0 Å². The molecule has 0 unspecified atom stereocenters. The van der Waals surface area contributed by atoms with Crippen LogP contribution in [0, 0.1) is 0 Å². The average Bonchev–Trinajstić information content (AvgIpc) is 2.61. The Bertz CT molecular complexity index is 941. The molecule has 144 valence electrons. The molecule has 0 aliphatic heterocycles. The minimum absolute atomic E-state index is 0.0801. The average molecular weight is 393 g/mol. The Morgan fingerprint density at radius 3 is 2.37 bits per heavy atom. The fraction of sp³-hybridized carbons (Fsp3) is 0.300. The Morgan fingerprint density at radius 1 is 1.04 bits per heavy atom. The Morgan fingerprint density at radius 2 is 1.74 bits per heavy atom. The third-order valence-electron chi connectivity index (χ3n) is 4.37. The van der Waals surface area contributed by atoms with Crippen LogP contribution in [0.4, 0.5) is 14.5 Å². The smallest absolute Gasteiger partial charge is 0.387 e. The molecule has 0 saturated heterocycles. The van der Waals surface area contributed by atoms with Crippen molar-refractivity contribution < 1.29 is 21.9 Å². The zero-order valence-electron chi connectivity index (χ0n) is 15.1. The van der Waals surface area contributed by atoms with Crippen molar-refractivity contribution in [2.45, 2.75) is 39.3 Å². The molecule has 0 fully saturated rings. The van der Waals surface area contributed by atoms with E-state index in [1.54, 1.807) is 42.5 Å². The number of ether oxygens (including phenoxy) is 1. The summed E-state index contributed by atoms with van der Waals surface area (Å²) >= 11 is 0. The standard InChI is InChI=1S/C20H21F2NO3S/c1-14(2)23(17-6-4-3-5-7-17)27(24,25)19-11-9-15-12-18(26-20(21)22)10-8-16(15)13-19/h3-8,10,12-14,20H,9,11H2,1-2H3. The molecule has 0 radical (unpaired) electrons. The van der Waals surface area contributed by atoms with E-state index < -0.39 is 16.6 Å². The van der Waals surface area contributed by atoms with Crippen LogP contribution in [0.1, 0.15) is 31.4 Å². The number of para-hydroxylation sites is 1. The number of halogens is 2. The highest BCUT2D eigenvalue weighted by Crippen LogP contribution is 2.34. The molecule has 0 heterocycles.